The van der Waals surface area contributed by atoms with Crippen LogP contribution in [0.25, 0.3) is 0 Å². The molecule has 1 amide bonds. The van der Waals surface area contributed by atoms with E-state index in [2.05, 4.69) is 0 Å². The largest absolute Gasteiger partial charge is 0.494 e. The van der Waals surface area contributed by atoms with Crippen LogP contribution in [0, 0.1) is 12.3 Å². The van der Waals surface area contributed by atoms with Gasteiger partial charge in [0, 0.05) is 23.2 Å². The van der Waals surface area contributed by atoms with Crippen LogP contribution in [0.15, 0.2) is 42.5 Å². The van der Waals surface area contributed by atoms with Gasteiger partial charge < -0.3 is 19.1 Å². The lowest BCUT2D eigenvalue weighted by atomic mass is 10.1. The van der Waals surface area contributed by atoms with Crippen LogP contribution in [0.1, 0.15) is 75.4 Å². The summed E-state index contributed by atoms with van der Waals surface area (Å²) >= 11 is 0. The van der Waals surface area contributed by atoms with Crippen molar-refractivity contribution in [1.29, 1.82) is 5.41 Å². The molecule has 0 spiro atoms. The molecule has 0 atom stereocenters. The highest BCUT2D eigenvalue weighted by atomic mass is 16.5. The Balaban J connectivity index is 1.71. The molecule has 0 aliphatic rings. The van der Waals surface area contributed by atoms with E-state index in [9.17, 15) is 4.79 Å². The molecule has 0 aliphatic carbocycles. The molecule has 0 radical (unpaired) electrons. The lowest BCUT2D eigenvalue weighted by Gasteiger charge is -2.31. The maximum absolute atomic E-state index is 13.0. The predicted molar refractivity (Wildman–Crippen MR) is 137 cm³/mol. The number of rotatable bonds is 13. The topological polar surface area (TPSA) is 71.9 Å². The number of nitrogens with zero attached hydrogens (tertiary/aromatic N) is 1. The third-order valence-electron chi connectivity index (χ3n) is 5.51. The number of carbonyl (C=O) groups excluding carboxylic acids is 1. The first kappa shape index (κ1) is 27.2. The first-order valence-electron chi connectivity index (χ1n) is 12.2. The molecule has 0 saturated carbocycles. The summed E-state index contributed by atoms with van der Waals surface area (Å²) in [4.78, 5) is 14.9. The number of carbonyl (C=O) groups is 1. The van der Waals surface area contributed by atoms with Crippen molar-refractivity contribution in [2.24, 2.45) is 0 Å². The van der Waals surface area contributed by atoms with Crippen LogP contribution in [0.2, 0.25) is 0 Å². The number of hydrogen-bond donors (Lipinski definition) is 1. The Morgan fingerprint density at radius 1 is 0.882 bits per heavy atom. The van der Waals surface area contributed by atoms with Crippen molar-refractivity contribution >= 4 is 11.8 Å². The fraction of sp³-hybridized carbons (Fsp3) is 0.500. The van der Waals surface area contributed by atoms with Crippen LogP contribution < -0.4 is 9.47 Å². The van der Waals surface area contributed by atoms with Gasteiger partial charge in [-0.2, -0.15) is 0 Å². The molecule has 0 aromatic heterocycles. The van der Waals surface area contributed by atoms with Gasteiger partial charge in [-0.15, -0.1) is 0 Å². The van der Waals surface area contributed by atoms with Gasteiger partial charge in [0.25, 0.3) is 5.91 Å². The summed E-state index contributed by atoms with van der Waals surface area (Å²) in [6.45, 7) is 13.8. The Hall–Kier alpha value is -3.02. The highest BCUT2D eigenvalue weighted by Crippen LogP contribution is 2.21. The fourth-order valence-corrected chi connectivity index (χ4v) is 3.86. The number of nitrogens with one attached hydrogen (secondary N) is 1. The summed E-state index contributed by atoms with van der Waals surface area (Å²) in [6.07, 6.45) is 2.87. The van der Waals surface area contributed by atoms with Crippen LogP contribution in [-0.2, 0) is 4.74 Å². The Morgan fingerprint density at radius 3 is 1.97 bits per heavy atom. The molecule has 0 bridgehead atoms. The van der Waals surface area contributed by atoms with Crippen LogP contribution in [0.5, 0.6) is 11.5 Å². The number of unbranched alkanes of at least 4 members (excludes halogenated alkanes) is 2. The van der Waals surface area contributed by atoms with E-state index >= 15 is 0 Å². The quantitative estimate of drug-likeness (QED) is 0.214. The molecule has 6 nitrogen and oxygen atoms in total. The van der Waals surface area contributed by atoms with Gasteiger partial charge in [0.2, 0.25) is 5.90 Å². The van der Waals surface area contributed by atoms with Crippen molar-refractivity contribution in [1.82, 2.24) is 4.90 Å². The molecule has 34 heavy (non-hydrogen) atoms. The molecule has 0 saturated heterocycles. The van der Waals surface area contributed by atoms with E-state index in [0.29, 0.717) is 19.8 Å². The third-order valence-corrected chi connectivity index (χ3v) is 5.51. The zero-order valence-corrected chi connectivity index (χ0v) is 21.5. The summed E-state index contributed by atoms with van der Waals surface area (Å²) in [7, 11) is 0. The van der Waals surface area contributed by atoms with Crippen LogP contribution >= 0.6 is 0 Å². The minimum atomic E-state index is 0.0660. The van der Waals surface area contributed by atoms with Crippen molar-refractivity contribution < 1.29 is 19.0 Å². The molecule has 0 fully saturated rings. The molecule has 2 aromatic carbocycles. The molecule has 0 unspecified atom stereocenters. The Kier molecular flexibility index (Phi) is 10.9. The van der Waals surface area contributed by atoms with Crippen molar-refractivity contribution in [2.75, 3.05) is 19.8 Å². The van der Waals surface area contributed by atoms with Gasteiger partial charge in [-0.25, -0.2) is 0 Å². The third kappa shape index (κ3) is 8.08. The molecule has 2 aromatic rings. The molecule has 2 rings (SSSR count). The Bertz CT molecular complexity index is 915. The smallest absolute Gasteiger partial charge is 0.254 e. The van der Waals surface area contributed by atoms with Gasteiger partial charge in [-0.05, 0) is 109 Å². The van der Waals surface area contributed by atoms with E-state index in [1.807, 2.05) is 88.9 Å². The van der Waals surface area contributed by atoms with Crippen molar-refractivity contribution in [3.63, 3.8) is 0 Å². The molecule has 6 heteroatoms. The highest BCUT2D eigenvalue weighted by Gasteiger charge is 2.22. The van der Waals surface area contributed by atoms with Crippen molar-refractivity contribution in [2.45, 2.75) is 72.9 Å². The summed E-state index contributed by atoms with van der Waals surface area (Å²) < 4.78 is 16.9. The van der Waals surface area contributed by atoms with E-state index < -0.39 is 0 Å². The standard InChI is InChI=1S/C28H40N2O4/c1-7-32-27(29)23-11-13-24(14-12-23)33-17-9-8-10-18-34-25-15-16-26(22(6)19-25)28(31)30(20(2)3)21(4)5/h11-16,19-21,29H,7-10,17-18H2,1-6H3. The molecule has 0 aliphatic heterocycles. The number of amides is 1. The lowest BCUT2D eigenvalue weighted by molar-refractivity contribution is 0.0643. The normalized spacial score (nSPS) is 10.9. The monoisotopic (exact) mass is 468 g/mol. The maximum Gasteiger partial charge on any atom is 0.254 e. The van der Waals surface area contributed by atoms with Crippen molar-refractivity contribution in [3.05, 3.63) is 59.2 Å². The van der Waals surface area contributed by atoms with E-state index in [1.54, 1.807) is 0 Å². The average molecular weight is 469 g/mol. The highest BCUT2D eigenvalue weighted by molar-refractivity contribution is 5.96. The van der Waals surface area contributed by atoms with Gasteiger partial charge in [-0.3, -0.25) is 10.2 Å². The second kappa shape index (κ2) is 13.6. The summed E-state index contributed by atoms with van der Waals surface area (Å²) in [5.74, 6) is 1.83. The van der Waals surface area contributed by atoms with Crippen molar-refractivity contribution in [3.8, 4) is 11.5 Å². The first-order valence-corrected chi connectivity index (χ1v) is 12.2. The second-order valence-electron chi connectivity index (χ2n) is 8.92. The van der Waals surface area contributed by atoms with Gasteiger partial charge in [0.1, 0.15) is 11.5 Å². The van der Waals surface area contributed by atoms with Gasteiger partial charge in [0.15, 0.2) is 0 Å². The Morgan fingerprint density at radius 2 is 1.44 bits per heavy atom. The molecular weight excluding hydrogens is 428 g/mol. The zero-order valence-electron chi connectivity index (χ0n) is 21.5. The van der Waals surface area contributed by atoms with Gasteiger partial charge >= 0.3 is 0 Å². The van der Waals surface area contributed by atoms with E-state index in [4.69, 9.17) is 19.6 Å². The fourth-order valence-electron chi connectivity index (χ4n) is 3.86. The summed E-state index contributed by atoms with van der Waals surface area (Å²) in [5.41, 5.74) is 2.41. The Labute approximate surface area is 204 Å². The number of benzene rings is 2. The minimum absolute atomic E-state index is 0.0660. The van der Waals surface area contributed by atoms with E-state index in [0.717, 1.165) is 47.5 Å². The summed E-state index contributed by atoms with van der Waals surface area (Å²) in [6, 6.07) is 13.4. The zero-order chi connectivity index (χ0) is 25.1. The average Bonchev–Trinajstić information content (AvgIpc) is 2.78. The summed E-state index contributed by atoms with van der Waals surface area (Å²) in [5, 5.41) is 7.79. The molecular formula is C28H40N2O4. The van der Waals surface area contributed by atoms with E-state index in [-0.39, 0.29) is 23.9 Å². The molecule has 186 valence electrons. The number of hydrogen-bond acceptors (Lipinski definition) is 5. The predicted octanol–water partition coefficient (Wildman–Crippen LogP) is 6.24. The maximum atomic E-state index is 13.0. The SMILES string of the molecule is CCOC(=N)c1ccc(OCCCCCOc2ccc(C(=O)N(C(C)C)C(C)C)c(C)c2)cc1. The first-order chi connectivity index (χ1) is 16.2. The molecule has 0 heterocycles. The minimum Gasteiger partial charge on any atom is -0.494 e. The van der Waals surface area contributed by atoms with Gasteiger partial charge in [-0.1, -0.05) is 0 Å². The van der Waals surface area contributed by atoms with Crippen LogP contribution in [0.4, 0.5) is 0 Å². The van der Waals surface area contributed by atoms with Crippen LogP contribution in [-0.4, -0.2) is 48.6 Å². The number of ether oxygens (including phenoxy) is 3. The second-order valence-corrected chi connectivity index (χ2v) is 8.92. The molecule has 1 N–H and O–H groups in total. The number of aryl methyl sites for hydroxylation is 1. The van der Waals surface area contributed by atoms with E-state index in [1.165, 1.54) is 0 Å². The lowest BCUT2D eigenvalue weighted by Crippen LogP contribution is -2.42. The van der Waals surface area contributed by atoms with Crippen LogP contribution in [0.3, 0.4) is 0 Å². The van der Waals surface area contributed by atoms with Gasteiger partial charge in [0.05, 0.1) is 19.8 Å².